The zero-order valence-corrected chi connectivity index (χ0v) is 6.73. The van der Waals surface area contributed by atoms with E-state index in [1.807, 2.05) is 0 Å². The molecule has 1 fully saturated rings. The minimum atomic E-state index is -2.03. The van der Waals surface area contributed by atoms with E-state index in [0.717, 1.165) is 13.0 Å². The Labute approximate surface area is 58.5 Å². The van der Waals surface area contributed by atoms with Gasteiger partial charge < -0.3 is 4.52 Å². The third-order valence-electron chi connectivity index (χ3n) is 0.879. The van der Waals surface area contributed by atoms with E-state index in [-0.39, 0.29) is 0 Å². The SMILES string of the molecule is S=P1(Cl)NCCCO1. The van der Waals surface area contributed by atoms with E-state index in [0.29, 0.717) is 6.61 Å². The first-order valence-corrected chi connectivity index (χ1v) is 6.03. The summed E-state index contributed by atoms with van der Waals surface area (Å²) in [7, 11) is 0. The molecule has 1 atom stereocenters. The summed E-state index contributed by atoms with van der Waals surface area (Å²) >= 11 is 10.5. The van der Waals surface area contributed by atoms with Crippen LogP contribution in [0.4, 0.5) is 0 Å². The fraction of sp³-hybridized carbons (Fsp3) is 1.00. The van der Waals surface area contributed by atoms with Crippen molar-refractivity contribution in [2.45, 2.75) is 6.42 Å². The first-order valence-electron chi connectivity index (χ1n) is 2.40. The molecule has 1 heterocycles. The van der Waals surface area contributed by atoms with E-state index in [2.05, 4.69) is 5.09 Å². The Hall–Kier alpha value is 0.860. The van der Waals surface area contributed by atoms with Crippen molar-refractivity contribution in [1.82, 2.24) is 5.09 Å². The molecule has 1 saturated heterocycles. The zero-order valence-electron chi connectivity index (χ0n) is 4.26. The van der Waals surface area contributed by atoms with E-state index in [4.69, 9.17) is 27.6 Å². The van der Waals surface area contributed by atoms with Gasteiger partial charge >= 0.3 is 0 Å². The van der Waals surface area contributed by atoms with E-state index in [1.54, 1.807) is 0 Å². The van der Waals surface area contributed by atoms with Crippen LogP contribution in [0.1, 0.15) is 6.42 Å². The first kappa shape index (κ1) is 6.97. The van der Waals surface area contributed by atoms with Gasteiger partial charge in [-0.25, -0.2) is 0 Å². The fourth-order valence-corrected chi connectivity index (χ4v) is 2.35. The van der Waals surface area contributed by atoms with Crippen LogP contribution < -0.4 is 5.09 Å². The molecule has 0 saturated carbocycles. The molecule has 1 unspecified atom stereocenters. The fourth-order valence-electron chi connectivity index (χ4n) is 0.512. The quantitative estimate of drug-likeness (QED) is 0.558. The van der Waals surface area contributed by atoms with E-state index >= 15 is 0 Å². The summed E-state index contributed by atoms with van der Waals surface area (Å²) in [6.07, 6.45) is 1.02. The lowest BCUT2D eigenvalue weighted by atomic mass is 10.5. The van der Waals surface area contributed by atoms with Crippen molar-refractivity contribution in [2.75, 3.05) is 13.2 Å². The lowest BCUT2D eigenvalue weighted by Crippen LogP contribution is -2.18. The standard InChI is InChI=1S/C3H7ClNOPS/c4-7(8)5-2-1-3-6-7/h1-3H2,(H,5,8). The lowest BCUT2D eigenvalue weighted by molar-refractivity contribution is 0.323. The Kier molecular flexibility index (Phi) is 2.29. The Morgan fingerprint density at radius 2 is 2.50 bits per heavy atom. The molecule has 1 aliphatic heterocycles. The van der Waals surface area contributed by atoms with Crippen LogP contribution in [-0.4, -0.2) is 13.2 Å². The average molecular weight is 172 g/mol. The maximum atomic E-state index is 5.66. The van der Waals surface area contributed by atoms with Crippen molar-refractivity contribution < 1.29 is 4.52 Å². The van der Waals surface area contributed by atoms with Crippen molar-refractivity contribution in [2.24, 2.45) is 0 Å². The largest absolute Gasteiger partial charge is 0.327 e. The maximum Gasteiger partial charge on any atom is 0.219 e. The molecule has 48 valence electrons. The van der Waals surface area contributed by atoms with Gasteiger partial charge in [0.15, 0.2) is 0 Å². The van der Waals surface area contributed by atoms with Crippen LogP contribution in [-0.2, 0) is 16.3 Å². The van der Waals surface area contributed by atoms with Gasteiger partial charge in [0, 0.05) is 6.54 Å². The van der Waals surface area contributed by atoms with Crippen LogP contribution in [0.25, 0.3) is 0 Å². The van der Waals surface area contributed by atoms with Crippen LogP contribution in [0, 0.1) is 0 Å². The second-order valence-electron chi connectivity index (χ2n) is 1.57. The summed E-state index contributed by atoms with van der Waals surface area (Å²) in [5.41, 5.74) is 0. The molecule has 0 aromatic heterocycles. The van der Waals surface area contributed by atoms with Gasteiger partial charge in [-0.1, -0.05) is 0 Å². The van der Waals surface area contributed by atoms with Gasteiger partial charge in [-0.15, -0.1) is 0 Å². The minimum Gasteiger partial charge on any atom is -0.327 e. The number of halogens is 1. The monoisotopic (exact) mass is 171 g/mol. The second kappa shape index (κ2) is 2.63. The average Bonchev–Trinajstić information content (AvgIpc) is 1.65. The Morgan fingerprint density at radius 1 is 1.75 bits per heavy atom. The van der Waals surface area contributed by atoms with Crippen molar-refractivity contribution in [3.63, 3.8) is 0 Å². The molecule has 0 aromatic carbocycles. The zero-order chi connectivity index (χ0) is 6.04. The van der Waals surface area contributed by atoms with Gasteiger partial charge in [-0.05, 0) is 29.5 Å². The molecule has 0 amide bonds. The third-order valence-corrected chi connectivity index (χ3v) is 3.35. The molecule has 0 bridgehead atoms. The van der Waals surface area contributed by atoms with Crippen molar-refractivity contribution in [1.29, 1.82) is 0 Å². The van der Waals surface area contributed by atoms with Crippen molar-refractivity contribution in [3.8, 4) is 0 Å². The van der Waals surface area contributed by atoms with Gasteiger partial charge in [-0.2, -0.15) is 0 Å². The number of rotatable bonds is 0. The predicted molar refractivity (Wildman–Crippen MR) is 38.7 cm³/mol. The molecular weight excluding hydrogens is 165 g/mol. The smallest absolute Gasteiger partial charge is 0.219 e. The molecule has 0 spiro atoms. The lowest BCUT2D eigenvalue weighted by Gasteiger charge is -2.20. The summed E-state index contributed by atoms with van der Waals surface area (Å²) in [5, 5.41) is 2.93. The summed E-state index contributed by atoms with van der Waals surface area (Å²) in [6, 6.07) is 0. The van der Waals surface area contributed by atoms with Crippen LogP contribution in [0.15, 0.2) is 0 Å². The molecule has 1 rings (SSSR count). The number of hydrogen-bond donors (Lipinski definition) is 1. The highest BCUT2D eigenvalue weighted by atomic mass is 35.7. The summed E-state index contributed by atoms with van der Waals surface area (Å²) in [4.78, 5) is 0. The molecule has 1 N–H and O–H groups in total. The summed E-state index contributed by atoms with van der Waals surface area (Å²) in [6.45, 7) is 1.62. The maximum absolute atomic E-state index is 5.66. The highest BCUT2D eigenvalue weighted by molar-refractivity contribution is 8.23. The first-order chi connectivity index (χ1) is 3.71. The predicted octanol–water partition coefficient (Wildman–Crippen LogP) is 1.46. The van der Waals surface area contributed by atoms with Crippen LogP contribution in [0.5, 0.6) is 0 Å². The third kappa shape index (κ3) is 2.00. The molecule has 8 heavy (non-hydrogen) atoms. The van der Waals surface area contributed by atoms with Gasteiger partial charge in [0.1, 0.15) is 0 Å². The molecule has 5 heteroatoms. The van der Waals surface area contributed by atoms with Gasteiger partial charge in [0.2, 0.25) is 5.77 Å². The van der Waals surface area contributed by atoms with E-state index in [9.17, 15) is 0 Å². The molecule has 2 nitrogen and oxygen atoms in total. The van der Waals surface area contributed by atoms with Gasteiger partial charge in [-0.3, -0.25) is 5.09 Å². The highest BCUT2D eigenvalue weighted by Gasteiger charge is 2.15. The second-order valence-corrected chi connectivity index (χ2v) is 6.68. The van der Waals surface area contributed by atoms with Gasteiger partial charge in [0.25, 0.3) is 0 Å². The molecular formula is C3H7ClNOPS. The minimum absolute atomic E-state index is 0.716. The summed E-state index contributed by atoms with van der Waals surface area (Å²) < 4.78 is 5.05. The Morgan fingerprint density at radius 3 is 2.75 bits per heavy atom. The molecule has 0 radical (unpaired) electrons. The van der Waals surface area contributed by atoms with Crippen LogP contribution >= 0.6 is 17.0 Å². The molecule has 1 aliphatic rings. The Balaban J connectivity index is 2.45. The number of nitrogens with one attached hydrogen (secondary N) is 1. The van der Waals surface area contributed by atoms with E-state index in [1.165, 1.54) is 0 Å². The topological polar surface area (TPSA) is 21.3 Å². The van der Waals surface area contributed by atoms with Crippen LogP contribution in [0.2, 0.25) is 0 Å². The van der Waals surface area contributed by atoms with E-state index < -0.39 is 5.77 Å². The van der Waals surface area contributed by atoms with Crippen molar-refractivity contribution >= 4 is 28.8 Å². The normalized spacial score (nSPS) is 39.6. The van der Waals surface area contributed by atoms with Crippen LogP contribution in [0.3, 0.4) is 0 Å². The highest BCUT2D eigenvalue weighted by Crippen LogP contribution is 2.49. The molecule has 0 aromatic rings. The van der Waals surface area contributed by atoms with Gasteiger partial charge in [0.05, 0.1) is 6.61 Å². The number of hydrogen-bond acceptors (Lipinski definition) is 2. The molecule has 0 aliphatic carbocycles. The summed E-state index contributed by atoms with van der Waals surface area (Å²) in [5.74, 6) is -2.03. The van der Waals surface area contributed by atoms with Crippen molar-refractivity contribution in [3.05, 3.63) is 0 Å². The Bertz CT molecular complexity index is 120.